The molecule has 0 aromatic heterocycles. The molecule has 0 radical (unpaired) electrons. The third kappa shape index (κ3) is 3.28. The molecule has 0 N–H and O–H groups in total. The Kier molecular flexibility index (Phi) is 5.41. The molecule has 1 aromatic rings. The Morgan fingerprint density at radius 1 is 1.21 bits per heavy atom. The molecule has 1 heterocycles. The third-order valence-electron chi connectivity index (χ3n) is 5.45. The maximum atomic E-state index is 12.6. The van der Waals surface area contributed by atoms with Gasteiger partial charge in [-0.15, -0.1) is 0 Å². The van der Waals surface area contributed by atoms with Crippen molar-refractivity contribution in [1.29, 1.82) is 0 Å². The second-order valence-electron chi connectivity index (χ2n) is 6.87. The zero-order valence-corrected chi connectivity index (χ0v) is 14.7. The van der Waals surface area contributed by atoms with E-state index in [1.807, 2.05) is 29.2 Å². The fourth-order valence-electron chi connectivity index (χ4n) is 3.71. The number of ether oxygens (including phenoxy) is 3. The van der Waals surface area contributed by atoms with Crippen molar-refractivity contribution in [2.45, 2.75) is 44.8 Å². The van der Waals surface area contributed by atoms with Crippen LogP contribution in [0, 0.1) is 11.8 Å². The fraction of sp³-hybridized carbons (Fsp3) is 0.632. The molecule has 1 aromatic carbocycles. The van der Waals surface area contributed by atoms with Crippen LogP contribution in [-0.4, -0.2) is 39.1 Å². The molecular weight excluding hydrogens is 306 g/mol. The van der Waals surface area contributed by atoms with Gasteiger partial charge in [0.25, 0.3) is 5.91 Å². The van der Waals surface area contributed by atoms with Gasteiger partial charge in [-0.05, 0) is 42.5 Å². The molecule has 0 spiro atoms. The lowest BCUT2D eigenvalue weighted by atomic mass is 9.73. The summed E-state index contributed by atoms with van der Waals surface area (Å²) in [6.45, 7) is 2.45. The summed E-state index contributed by atoms with van der Waals surface area (Å²) in [6.07, 6.45) is 4.54. The first-order valence-electron chi connectivity index (χ1n) is 8.73. The summed E-state index contributed by atoms with van der Waals surface area (Å²) >= 11 is 0. The largest absolute Gasteiger partial charge is 0.497 e. The topological polar surface area (TPSA) is 48.0 Å². The van der Waals surface area contributed by atoms with Crippen LogP contribution in [0.4, 0.5) is 5.69 Å². The Morgan fingerprint density at radius 2 is 1.92 bits per heavy atom. The molecule has 1 saturated carbocycles. The number of rotatable bonds is 8. The van der Waals surface area contributed by atoms with E-state index < -0.39 is 6.10 Å². The van der Waals surface area contributed by atoms with Crippen molar-refractivity contribution >= 4 is 11.6 Å². The van der Waals surface area contributed by atoms with Crippen LogP contribution in [0.2, 0.25) is 0 Å². The molecule has 1 unspecified atom stereocenters. The number of amides is 1. The Labute approximate surface area is 143 Å². The minimum Gasteiger partial charge on any atom is -0.497 e. The maximum absolute atomic E-state index is 12.6. The first kappa shape index (κ1) is 17.2. The molecule has 1 aliphatic heterocycles. The van der Waals surface area contributed by atoms with Crippen molar-refractivity contribution in [1.82, 2.24) is 0 Å². The minimum atomic E-state index is -0.394. The quantitative estimate of drug-likeness (QED) is 0.541. The number of carbonyl (C=O) groups excluding carboxylic acids is 1. The highest BCUT2D eigenvalue weighted by Gasteiger charge is 2.50. The second-order valence-corrected chi connectivity index (χ2v) is 6.87. The third-order valence-corrected chi connectivity index (χ3v) is 5.45. The molecule has 1 amide bonds. The van der Waals surface area contributed by atoms with Crippen LogP contribution in [0.25, 0.3) is 0 Å². The van der Waals surface area contributed by atoms with E-state index in [0.717, 1.165) is 23.8 Å². The minimum absolute atomic E-state index is 0.0167. The Balaban J connectivity index is 1.73. The first-order chi connectivity index (χ1) is 11.7. The van der Waals surface area contributed by atoms with E-state index in [1.54, 1.807) is 14.2 Å². The van der Waals surface area contributed by atoms with E-state index in [-0.39, 0.29) is 18.7 Å². The van der Waals surface area contributed by atoms with Gasteiger partial charge in [0, 0.05) is 12.8 Å². The molecule has 1 aliphatic carbocycles. The van der Waals surface area contributed by atoms with Crippen LogP contribution >= 0.6 is 0 Å². The number of anilines is 1. The van der Waals surface area contributed by atoms with Gasteiger partial charge in [-0.1, -0.05) is 26.2 Å². The number of carbonyl (C=O) groups is 1. The molecule has 3 atom stereocenters. The van der Waals surface area contributed by atoms with Gasteiger partial charge in [0.2, 0.25) is 0 Å². The van der Waals surface area contributed by atoms with Crippen molar-refractivity contribution < 1.29 is 19.0 Å². The summed E-state index contributed by atoms with van der Waals surface area (Å²) in [7, 11) is 3.22. The van der Waals surface area contributed by atoms with Gasteiger partial charge in [-0.25, -0.2) is 0 Å². The standard InChI is InChI=1S/C19H27NO4/c1-13(14-5-4-6-14)11-17-18(24-12-22-2)19(21)20(17)15-7-9-16(23-3)10-8-15/h7-10,13-14,17-18H,4-6,11-12H2,1-3H3/t13-,17?,18-/m1/s1. The van der Waals surface area contributed by atoms with Gasteiger partial charge in [0.1, 0.15) is 12.5 Å². The number of methoxy groups -OCH3 is 2. The molecule has 5 nitrogen and oxygen atoms in total. The highest BCUT2D eigenvalue weighted by molar-refractivity contribution is 6.04. The van der Waals surface area contributed by atoms with Crippen LogP contribution < -0.4 is 9.64 Å². The molecule has 132 valence electrons. The Bertz CT molecular complexity index is 555. The summed E-state index contributed by atoms with van der Waals surface area (Å²) in [5.74, 6) is 2.20. The summed E-state index contributed by atoms with van der Waals surface area (Å²) in [6, 6.07) is 7.72. The molecule has 5 heteroatoms. The number of nitrogens with zero attached hydrogens (tertiary/aromatic N) is 1. The van der Waals surface area contributed by atoms with E-state index in [4.69, 9.17) is 14.2 Å². The highest BCUT2D eigenvalue weighted by Crippen LogP contribution is 2.40. The number of benzene rings is 1. The summed E-state index contributed by atoms with van der Waals surface area (Å²) in [5, 5.41) is 0. The van der Waals surface area contributed by atoms with Gasteiger partial charge in [0.05, 0.1) is 13.2 Å². The normalized spacial score (nSPS) is 25.1. The number of hydrogen-bond acceptors (Lipinski definition) is 4. The lowest BCUT2D eigenvalue weighted by molar-refractivity contribution is -0.155. The number of β-lactam (4-membered cyclic amide) rings is 1. The van der Waals surface area contributed by atoms with Crippen LogP contribution in [0.3, 0.4) is 0 Å². The maximum Gasteiger partial charge on any atom is 0.258 e. The van der Waals surface area contributed by atoms with Crippen LogP contribution in [0.5, 0.6) is 5.75 Å². The van der Waals surface area contributed by atoms with E-state index in [1.165, 1.54) is 19.3 Å². The lowest BCUT2D eigenvalue weighted by Gasteiger charge is -2.48. The van der Waals surface area contributed by atoms with Crippen molar-refractivity contribution in [2.24, 2.45) is 11.8 Å². The fourth-order valence-corrected chi connectivity index (χ4v) is 3.71. The zero-order chi connectivity index (χ0) is 17.1. The predicted octanol–water partition coefficient (Wildman–Crippen LogP) is 3.23. The van der Waals surface area contributed by atoms with Crippen molar-refractivity contribution in [3.63, 3.8) is 0 Å². The average Bonchev–Trinajstić information content (AvgIpc) is 2.54. The SMILES string of the molecule is COCO[C@H]1C(=O)N(c2ccc(OC)cc2)C1C[C@@H](C)C1CCC1. The second kappa shape index (κ2) is 7.53. The molecular formula is C19H27NO4. The van der Waals surface area contributed by atoms with E-state index >= 15 is 0 Å². The molecule has 2 aliphatic rings. The van der Waals surface area contributed by atoms with E-state index in [0.29, 0.717) is 5.92 Å². The molecule has 3 rings (SSSR count). The van der Waals surface area contributed by atoms with Gasteiger partial charge in [-0.2, -0.15) is 0 Å². The van der Waals surface area contributed by atoms with E-state index in [9.17, 15) is 4.79 Å². The Morgan fingerprint density at radius 3 is 2.46 bits per heavy atom. The summed E-state index contributed by atoms with van der Waals surface area (Å²) in [4.78, 5) is 14.5. The molecule has 1 saturated heterocycles. The molecule has 2 fully saturated rings. The zero-order valence-electron chi connectivity index (χ0n) is 14.7. The monoisotopic (exact) mass is 333 g/mol. The molecule has 0 bridgehead atoms. The van der Waals surface area contributed by atoms with Gasteiger partial charge in [-0.3, -0.25) is 4.79 Å². The lowest BCUT2D eigenvalue weighted by Crippen LogP contribution is -2.66. The van der Waals surface area contributed by atoms with Crippen molar-refractivity contribution in [3.05, 3.63) is 24.3 Å². The predicted molar refractivity (Wildman–Crippen MR) is 92.1 cm³/mol. The van der Waals surface area contributed by atoms with E-state index in [2.05, 4.69) is 6.92 Å². The summed E-state index contributed by atoms with van der Waals surface area (Å²) in [5.41, 5.74) is 0.906. The van der Waals surface area contributed by atoms with Crippen LogP contribution in [0.15, 0.2) is 24.3 Å². The first-order valence-corrected chi connectivity index (χ1v) is 8.73. The van der Waals surface area contributed by atoms with Crippen molar-refractivity contribution in [2.75, 3.05) is 25.9 Å². The smallest absolute Gasteiger partial charge is 0.258 e. The van der Waals surface area contributed by atoms with Crippen LogP contribution in [-0.2, 0) is 14.3 Å². The van der Waals surface area contributed by atoms with Gasteiger partial charge >= 0.3 is 0 Å². The average molecular weight is 333 g/mol. The Hall–Kier alpha value is -1.59. The van der Waals surface area contributed by atoms with Crippen molar-refractivity contribution in [3.8, 4) is 5.75 Å². The number of hydrogen-bond donors (Lipinski definition) is 0. The molecule has 24 heavy (non-hydrogen) atoms. The van der Waals surface area contributed by atoms with Gasteiger partial charge in [0.15, 0.2) is 6.10 Å². The summed E-state index contributed by atoms with van der Waals surface area (Å²) < 4.78 is 15.8. The van der Waals surface area contributed by atoms with Gasteiger partial charge < -0.3 is 19.1 Å². The van der Waals surface area contributed by atoms with Crippen LogP contribution in [0.1, 0.15) is 32.6 Å². The highest BCUT2D eigenvalue weighted by atomic mass is 16.7.